The molecule has 0 aromatic heterocycles. The fourth-order valence-electron chi connectivity index (χ4n) is 4.26. The number of Topliss-reactive ketones (excluding diaryl/α,β-unsaturated/α-hetero) is 1. The zero-order valence-electron chi connectivity index (χ0n) is 21.7. The van der Waals surface area contributed by atoms with Gasteiger partial charge in [0, 0.05) is 12.1 Å². The van der Waals surface area contributed by atoms with Crippen LogP contribution in [0.15, 0.2) is 48.0 Å². The highest BCUT2D eigenvalue weighted by Gasteiger charge is 2.46. The molecule has 1 fully saturated rings. The van der Waals surface area contributed by atoms with Gasteiger partial charge in [0.2, 0.25) is 0 Å². The van der Waals surface area contributed by atoms with E-state index in [0.29, 0.717) is 47.9 Å². The predicted octanol–water partition coefficient (Wildman–Crippen LogP) is 4.26. The molecule has 2 aromatic carbocycles. The van der Waals surface area contributed by atoms with Crippen LogP contribution < -0.4 is 14.2 Å². The number of likely N-dealkylation sites (tertiary alicyclic amines) is 1. The number of rotatable bonds is 12. The molecule has 8 nitrogen and oxygen atoms in total. The second-order valence-electron chi connectivity index (χ2n) is 8.99. The molecule has 0 saturated carbocycles. The first-order valence-electron chi connectivity index (χ1n) is 12.2. The SMILES string of the molecule is CCCCOc1cccc(C(O)=C2C(=O)C(=O)N(CCCN(C)C)C2c2ccc(OC)c(OC)c2)c1. The number of carbonyl (C=O) groups excluding carboxylic acids is 2. The molecule has 1 atom stereocenters. The number of hydrogen-bond donors (Lipinski definition) is 1. The lowest BCUT2D eigenvalue weighted by Gasteiger charge is -2.26. The average molecular weight is 497 g/mol. The fraction of sp³-hybridized carbons (Fsp3) is 0.429. The van der Waals surface area contributed by atoms with Crippen LogP contribution in [0.4, 0.5) is 0 Å². The van der Waals surface area contributed by atoms with E-state index in [9.17, 15) is 14.7 Å². The molecule has 1 saturated heterocycles. The van der Waals surface area contributed by atoms with Gasteiger partial charge in [-0.25, -0.2) is 0 Å². The number of aliphatic hydroxyl groups excluding tert-OH is 1. The maximum Gasteiger partial charge on any atom is 0.295 e. The number of ether oxygens (including phenoxy) is 3. The Morgan fingerprint density at radius 2 is 1.78 bits per heavy atom. The number of hydrogen-bond acceptors (Lipinski definition) is 7. The number of ketones is 1. The van der Waals surface area contributed by atoms with Crippen molar-refractivity contribution in [2.45, 2.75) is 32.2 Å². The minimum atomic E-state index is -0.767. The van der Waals surface area contributed by atoms with Gasteiger partial charge < -0.3 is 29.1 Å². The van der Waals surface area contributed by atoms with Crippen LogP contribution in [-0.2, 0) is 9.59 Å². The minimum Gasteiger partial charge on any atom is -0.507 e. The lowest BCUT2D eigenvalue weighted by atomic mass is 9.95. The molecule has 2 aromatic rings. The maximum absolute atomic E-state index is 13.3. The first-order chi connectivity index (χ1) is 17.3. The summed E-state index contributed by atoms with van der Waals surface area (Å²) in [5.74, 6) is 0.0161. The molecule has 36 heavy (non-hydrogen) atoms. The second-order valence-corrected chi connectivity index (χ2v) is 8.99. The summed E-state index contributed by atoms with van der Waals surface area (Å²) in [7, 11) is 6.98. The Hall–Kier alpha value is -3.52. The number of methoxy groups -OCH3 is 2. The third kappa shape index (κ3) is 5.99. The van der Waals surface area contributed by atoms with Gasteiger partial charge in [-0.1, -0.05) is 31.5 Å². The monoisotopic (exact) mass is 496 g/mol. The Labute approximate surface area is 213 Å². The Balaban J connectivity index is 2.09. The number of amides is 1. The van der Waals surface area contributed by atoms with Gasteiger partial charge >= 0.3 is 0 Å². The first-order valence-corrected chi connectivity index (χ1v) is 12.2. The average Bonchev–Trinajstić information content (AvgIpc) is 3.13. The Kier molecular flexibility index (Phi) is 9.36. The van der Waals surface area contributed by atoms with E-state index in [-0.39, 0.29) is 11.3 Å². The lowest BCUT2D eigenvalue weighted by Crippen LogP contribution is -2.32. The molecule has 0 bridgehead atoms. The van der Waals surface area contributed by atoms with Crippen molar-refractivity contribution in [1.82, 2.24) is 9.80 Å². The smallest absolute Gasteiger partial charge is 0.295 e. The van der Waals surface area contributed by atoms with Gasteiger partial charge in [0.15, 0.2) is 11.5 Å². The van der Waals surface area contributed by atoms with Gasteiger partial charge in [0.25, 0.3) is 11.7 Å². The molecule has 0 radical (unpaired) electrons. The fourth-order valence-corrected chi connectivity index (χ4v) is 4.26. The van der Waals surface area contributed by atoms with Crippen LogP contribution in [0, 0.1) is 0 Å². The van der Waals surface area contributed by atoms with E-state index in [1.54, 1.807) is 49.6 Å². The van der Waals surface area contributed by atoms with Gasteiger partial charge in [-0.3, -0.25) is 9.59 Å². The molecule has 1 amide bonds. The van der Waals surface area contributed by atoms with E-state index >= 15 is 0 Å². The van der Waals surface area contributed by atoms with Crippen molar-refractivity contribution in [3.63, 3.8) is 0 Å². The Bertz CT molecular complexity index is 1110. The number of carbonyl (C=O) groups is 2. The maximum atomic E-state index is 13.3. The van der Waals surface area contributed by atoms with Crippen LogP contribution in [0.25, 0.3) is 5.76 Å². The molecule has 3 rings (SSSR count). The van der Waals surface area contributed by atoms with Crippen molar-refractivity contribution in [1.29, 1.82) is 0 Å². The number of unbranched alkanes of at least 4 members (excludes halogenated alkanes) is 1. The normalized spacial score (nSPS) is 17.1. The molecular formula is C28H36N2O6. The van der Waals surface area contributed by atoms with Crippen molar-refractivity contribution in [2.75, 3.05) is 48.0 Å². The van der Waals surface area contributed by atoms with E-state index in [1.807, 2.05) is 19.0 Å². The molecule has 194 valence electrons. The molecule has 1 unspecified atom stereocenters. The minimum absolute atomic E-state index is 0.0442. The Morgan fingerprint density at radius 3 is 2.44 bits per heavy atom. The van der Waals surface area contributed by atoms with Crippen molar-refractivity contribution < 1.29 is 28.9 Å². The number of benzene rings is 2. The van der Waals surface area contributed by atoms with Gasteiger partial charge in [0.1, 0.15) is 11.5 Å². The van der Waals surface area contributed by atoms with Crippen LogP contribution >= 0.6 is 0 Å². The molecule has 1 N–H and O–H groups in total. The van der Waals surface area contributed by atoms with Crippen LogP contribution in [0.1, 0.15) is 43.4 Å². The molecule has 0 aliphatic carbocycles. The highest BCUT2D eigenvalue weighted by molar-refractivity contribution is 6.46. The summed E-state index contributed by atoms with van der Waals surface area (Å²) in [6.07, 6.45) is 2.58. The summed E-state index contributed by atoms with van der Waals surface area (Å²) in [6, 6.07) is 11.4. The Morgan fingerprint density at radius 1 is 1.03 bits per heavy atom. The number of aliphatic hydroxyl groups is 1. The van der Waals surface area contributed by atoms with Crippen LogP contribution in [0.5, 0.6) is 17.2 Å². The van der Waals surface area contributed by atoms with Crippen molar-refractivity contribution in [3.8, 4) is 17.2 Å². The molecule has 0 spiro atoms. The van der Waals surface area contributed by atoms with E-state index in [2.05, 4.69) is 6.92 Å². The summed E-state index contributed by atoms with van der Waals surface area (Å²) < 4.78 is 16.6. The first kappa shape index (κ1) is 27.1. The standard InChI is InChI=1S/C28H36N2O6/c1-6-7-16-36-21-11-8-10-20(17-21)26(31)24-25(19-12-13-22(34-4)23(18-19)35-5)30(28(33)27(24)32)15-9-14-29(2)3/h8,10-13,17-18,25,31H,6-7,9,14-16H2,1-5H3. The molecule has 1 heterocycles. The van der Waals surface area contributed by atoms with E-state index < -0.39 is 17.7 Å². The summed E-state index contributed by atoms with van der Waals surface area (Å²) in [5.41, 5.74) is 1.11. The number of nitrogens with zero attached hydrogens (tertiary/aromatic N) is 2. The van der Waals surface area contributed by atoms with Crippen LogP contribution in [0.3, 0.4) is 0 Å². The second kappa shape index (κ2) is 12.4. The van der Waals surface area contributed by atoms with Crippen LogP contribution in [0.2, 0.25) is 0 Å². The largest absolute Gasteiger partial charge is 0.507 e. The van der Waals surface area contributed by atoms with Crippen LogP contribution in [-0.4, -0.2) is 74.6 Å². The van der Waals surface area contributed by atoms with Gasteiger partial charge in [-0.05, 0) is 63.3 Å². The van der Waals surface area contributed by atoms with Crippen molar-refractivity contribution in [3.05, 3.63) is 59.2 Å². The molecule has 1 aliphatic heterocycles. The summed E-state index contributed by atoms with van der Waals surface area (Å²) in [6.45, 7) is 3.75. The van der Waals surface area contributed by atoms with Gasteiger partial charge in [0.05, 0.1) is 32.4 Å². The molecule has 8 heteroatoms. The third-order valence-corrected chi connectivity index (χ3v) is 6.14. The van der Waals surface area contributed by atoms with E-state index in [4.69, 9.17) is 14.2 Å². The third-order valence-electron chi connectivity index (χ3n) is 6.14. The van der Waals surface area contributed by atoms with E-state index in [1.165, 1.54) is 12.0 Å². The molecule has 1 aliphatic rings. The van der Waals surface area contributed by atoms with Gasteiger partial charge in [-0.15, -0.1) is 0 Å². The zero-order valence-corrected chi connectivity index (χ0v) is 21.7. The topological polar surface area (TPSA) is 88.5 Å². The lowest BCUT2D eigenvalue weighted by molar-refractivity contribution is -0.139. The highest BCUT2D eigenvalue weighted by atomic mass is 16.5. The summed E-state index contributed by atoms with van der Waals surface area (Å²) >= 11 is 0. The van der Waals surface area contributed by atoms with E-state index in [0.717, 1.165) is 19.4 Å². The zero-order chi connectivity index (χ0) is 26.2. The summed E-state index contributed by atoms with van der Waals surface area (Å²) in [4.78, 5) is 30.0. The van der Waals surface area contributed by atoms with Crippen molar-refractivity contribution >= 4 is 17.4 Å². The highest BCUT2D eigenvalue weighted by Crippen LogP contribution is 2.42. The summed E-state index contributed by atoms with van der Waals surface area (Å²) in [5, 5.41) is 11.4. The van der Waals surface area contributed by atoms with Gasteiger partial charge in [-0.2, -0.15) is 0 Å². The predicted molar refractivity (Wildman–Crippen MR) is 139 cm³/mol. The van der Waals surface area contributed by atoms with Crippen molar-refractivity contribution in [2.24, 2.45) is 0 Å². The molecular weight excluding hydrogens is 460 g/mol. The quantitative estimate of drug-likeness (QED) is 0.203.